The molecule has 0 amide bonds. The minimum absolute atomic E-state index is 0.0275. The summed E-state index contributed by atoms with van der Waals surface area (Å²) in [5, 5.41) is 0.696. The lowest BCUT2D eigenvalue weighted by atomic mass is 10.0. The molecule has 0 radical (unpaired) electrons. The summed E-state index contributed by atoms with van der Waals surface area (Å²) in [6.07, 6.45) is 0. The summed E-state index contributed by atoms with van der Waals surface area (Å²) in [4.78, 5) is 16.9. The number of halogens is 4. The lowest BCUT2D eigenvalue weighted by Gasteiger charge is -2.15. The Morgan fingerprint density at radius 1 is 1.10 bits per heavy atom. The van der Waals surface area contributed by atoms with E-state index in [1.54, 1.807) is 0 Å². The van der Waals surface area contributed by atoms with E-state index in [-0.39, 0.29) is 10.5 Å². The van der Waals surface area contributed by atoms with Crippen molar-refractivity contribution in [1.29, 1.82) is 0 Å². The van der Waals surface area contributed by atoms with Gasteiger partial charge in [0.25, 0.3) is 0 Å². The van der Waals surface area contributed by atoms with Crippen molar-refractivity contribution in [3.8, 4) is 0 Å². The second-order valence-corrected chi connectivity index (χ2v) is 7.90. The number of alkyl halides is 1. The zero-order valence-electron chi connectivity index (χ0n) is 10.4. The van der Waals surface area contributed by atoms with Gasteiger partial charge in [0.15, 0.2) is 0 Å². The van der Waals surface area contributed by atoms with Crippen LogP contribution >= 0.6 is 66.1 Å². The van der Waals surface area contributed by atoms with E-state index < -0.39 is 0 Å². The van der Waals surface area contributed by atoms with Gasteiger partial charge in [-0.3, -0.25) is 0 Å². The van der Waals surface area contributed by atoms with E-state index in [0.717, 1.165) is 30.2 Å². The van der Waals surface area contributed by atoms with Gasteiger partial charge in [-0.05, 0) is 64.0 Å². The van der Waals surface area contributed by atoms with Crippen LogP contribution < -0.4 is 5.69 Å². The number of aromatic amines is 2. The van der Waals surface area contributed by atoms with E-state index in [2.05, 4.69) is 64.4 Å². The van der Waals surface area contributed by atoms with E-state index in [4.69, 9.17) is 11.6 Å². The number of nitrogens with one attached hydrogen (secondary N) is 2. The summed E-state index contributed by atoms with van der Waals surface area (Å²) in [7, 11) is 0. The molecule has 0 bridgehead atoms. The Labute approximate surface area is 155 Å². The van der Waals surface area contributed by atoms with Gasteiger partial charge in [-0.15, -0.1) is 0 Å². The summed E-state index contributed by atoms with van der Waals surface area (Å²) < 4.78 is 2.04. The third kappa shape index (κ3) is 3.09. The van der Waals surface area contributed by atoms with Gasteiger partial charge in [-0.2, -0.15) is 0 Å². The first-order chi connectivity index (χ1) is 9.95. The topological polar surface area (TPSA) is 48.6 Å². The first-order valence-electron chi connectivity index (χ1n) is 5.96. The Bertz CT molecular complexity index is 890. The zero-order chi connectivity index (χ0) is 15.1. The van der Waals surface area contributed by atoms with Crippen molar-refractivity contribution in [3.63, 3.8) is 0 Å². The molecule has 2 aromatic carbocycles. The minimum atomic E-state index is -0.211. The molecule has 3 nitrogen and oxygen atoms in total. The predicted molar refractivity (Wildman–Crippen MR) is 102 cm³/mol. The fourth-order valence-electron chi connectivity index (χ4n) is 2.14. The molecule has 0 aliphatic rings. The maximum atomic E-state index is 11.4. The second kappa shape index (κ2) is 6.06. The molecule has 0 saturated carbocycles. The minimum Gasteiger partial charge on any atom is -0.306 e. The van der Waals surface area contributed by atoms with E-state index in [1.807, 2.05) is 30.3 Å². The number of fused-ring (bicyclic) bond motifs is 1. The molecule has 108 valence electrons. The van der Waals surface area contributed by atoms with E-state index in [1.165, 1.54) is 0 Å². The fraction of sp³-hybridized carbons (Fsp3) is 0.0714. The molecule has 7 heteroatoms. The van der Waals surface area contributed by atoms with Crippen LogP contribution in [0.25, 0.3) is 11.0 Å². The second-order valence-electron chi connectivity index (χ2n) is 4.53. The highest BCUT2D eigenvalue weighted by Gasteiger charge is 2.18. The van der Waals surface area contributed by atoms with Crippen molar-refractivity contribution < 1.29 is 0 Å². The van der Waals surface area contributed by atoms with Crippen LogP contribution in [0.2, 0.25) is 5.02 Å². The van der Waals surface area contributed by atoms with Crippen LogP contribution in [0.4, 0.5) is 0 Å². The molecule has 3 aromatic rings. The van der Waals surface area contributed by atoms with Gasteiger partial charge in [0.2, 0.25) is 0 Å². The van der Waals surface area contributed by atoms with Crippen molar-refractivity contribution in [2.75, 3.05) is 0 Å². The molecule has 0 aliphatic carbocycles. The number of benzene rings is 2. The standard InChI is InChI=1S/C14H8Br2ClIN2O/c15-9-5-12-11(19-14(21)20-12)4-7(9)13(16)8-3-6(17)1-2-10(8)18/h1-5,13H,(H2,19,20,21). The number of H-pyrrole nitrogens is 2. The van der Waals surface area contributed by atoms with Crippen LogP contribution in [0.5, 0.6) is 0 Å². The Kier molecular flexibility index (Phi) is 4.50. The maximum absolute atomic E-state index is 11.4. The van der Waals surface area contributed by atoms with Gasteiger partial charge in [0, 0.05) is 13.1 Å². The number of aromatic nitrogens is 2. The van der Waals surface area contributed by atoms with Crippen molar-refractivity contribution in [2.24, 2.45) is 0 Å². The molecule has 1 heterocycles. The highest BCUT2D eigenvalue weighted by molar-refractivity contribution is 14.1. The quantitative estimate of drug-likeness (QED) is 0.333. The van der Waals surface area contributed by atoms with E-state index in [9.17, 15) is 4.79 Å². The van der Waals surface area contributed by atoms with E-state index in [0.29, 0.717) is 5.02 Å². The van der Waals surface area contributed by atoms with Gasteiger partial charge < -0.3 is 9.97 Å². The molecule has 1 atom stereocenters. The van der Waals surface area contributed by atoms with Crippen molar-refractivity contribution in [3.05, 3.63) is 65.0 Å². The molecule has 0 saturated heterocycles. The molecule has 3 rings (SSSR count). The smallest absolute Gasteiger partial charge is 0.306 e. The number of imidazole rings is 1. The number of rotatable bonds is 2. The average molecular weight is 542 g/mol. The third-order valence-electron chi connectivity index (χ3n) is 3.14. The lowest BCUT2D eigenvalue weighted by Crippen LogP contribution is -1.99. The SMILES string of the molecule is O=c1[nH]c2cc(Br)c(C(Br)c3cc(Cl)ccc3I)cc2[nH]1. The summed E-state index contributed by atoms with van der Waals surface area (Å²) in [6, 6.07) is 9.65. The van der Waals surface area contributed by atoms with Crippen LogP contribution in [0.3, 0.4) is 0 Å². The van der Waals surface area contributed by atoms with Gasteiger partial charge in [0.05, 0.1) is 15.9 Å². The highest BCUT2D eigenvalue weighted by atomic mass is 127. The molecule has 0 fully saturated rings. The summed E-state index contributed by atoms with van der Waals surface area (Å²) in [5.74, 6) is 0. The van der Waals surface area contributed by atoms with Gasteiger partial charge in [-0.1, -0.05) is 43.5 Å². The molecule has 1 unspecified atom stereocenters. The number of hydrogen-bond donors (Lipinski definition) is 2. The van der Waals surface area contributed by atoms with Gasteiger partial charge >= 0.3 is 5.69 Å². The first kappa shape index (κ1) is 15.6. The van der Waals surface area contributed by atoms with Crippen LogP contribution in [-0.4, -0.2) is 9.97 Å². The first-order valence-corrected chi connectivity index (χ1v) is 9.12. The van der Waals surface area contributed by atoms with Crippen LogP contribution in [0.1, 0.15) is 16.0 Å². The van der Waals surface area contributed by atoms with Gasteiger partial charge in [-0.25, -0.2) is 4.79 Å². The summed E-state index contributed by atoms with van der Waals surface area (Å²) in [6.45, 7) is 0. The van der Waals surface area contributed by atoms with E-state index >= 15 is 0 Å². The van der Waals surface area contributed by atoms with Crippen LogP contribution in [0, 0.1) is 3.57 Å². The molecule has 0 aliphatic heterocycles. The van der Waals surface area contributed by atoms with Crippen molar-refractivity contribution in [2.45, 2.75) is 4.83 Å². The Morgan fingerprint density at radius 3 is 2.48 bits per heavy atom. The normalized spacial score (nSPS) is 12.8. The fourth-order valence-corrected chi connectivity index (χ4v) is 5.04. The monoisotopic (exact) mass is 540 g/mol. The van der Waals surface area contributed by atoms with Crippen LogP contribution in [-0.2, 0) is 0 Å². The largest absolute Gasteiger partial charge is 0.323 e. The molecular formula is C14H8Br2ClIN2O. The molecule has 21 heavy (non-hydrogen) atoms. The lowest BCUT2D eigenvalue weighted by molar-refractivity contribution is 1.15. The highest BCUT2D eigenvalue weighted by Crippen LogP contribution is 2.39. The molecular weight excluding hydrogens is 534 g/mol. The predicted octanol–water partition coefficient (Wildman–Crippen LogP) is 5.36. The Balaban J connectivity index is 2.16. The van der Waals surface area contributed by atoms with Crippen LogP contribution in [0.15, 0.2) is 39.6 Å². The third-order valence-corrected chi connectivity index (χ3v) is 6.03. The zero-order valence-corrected chi connectivity index (χ0v) is 16.5. The molecule has 1 aromatic heterocycles. The van der Waals surface area contributed by atoms with Gasteiger partial charge in [0.1, 0.15) is 0 Å². The summed E-state index contributed by atoms with van der Waals surface area (Å²) in [5.41, 5.74) is 3.45. The average Bonchev–Trinajstić information content (AvgIpc) is 2.79. The van der Waals surface area contributed by atoms with Crippen molar-refractivity contribution in [1.82, 2.24) is 9.97 Å². The number of hydrogen-bond acceptors (Lipinski definition) is 1. The summed E-state index contributed by atoms with van der Waals surface area (Å²) >= 11 is 15.7. The molecule has 2 N–H and O–H groups in total. The maximum Gasteiger partial charge on any atom is 0.323 e. The Morgan fingerprint density at radius 2 is 1.76 bits per heavy atom. The Hall–Kier alpha value is -0.310. The molecule has 0 spiro atoms. The van der Waals surface area contributed by atoms with Crippen molar-refractivity contribution >= 4 is 77.1 Å².